The van der Waals surface area contributed by atoms with E-state index in [1.807, 2.05) is 20.9 Å². The molecule has 1 aromatic rings. The number of hydrogen-bond acceptors (Lipinski definition) is 3. The van der Waals surface area contributed by atoms with Crippen LogP contribution in [0.3, 0.4) is 0 Å². The second-order valence-corrected chi connectivity index (χ2v) is 6.12. The number of carbonyl (C=O) groups is 1. The molecule has 1 aromatic heterocycles. The third-order valence-electron chi connectivity index (χ3n) is 2.57. The van der Waals surface area contributed by atoms with Gasteiger partial charge in [0.05, 0.1) is 10.7 Å². The van der Waals surface area contributed by atoms with Crippen LogP contribution in [-0.2, 0) is 0 Å². The molecule has 5 heteroatoms. The van der Waals surface area contributed by atoms with E-state index in [-0.39, 0.29) is 5.91 Å². The molecule has 0 saturated carbocycles. The van der Waals surface area contributed by atoms with Gasteiger partial charge in [0, 0.05) is 18.9 Å². The lowest BCUT2D eigenvalue weighted by Crippen LogP contribution is -2.27. The Hall–Kier alpha value is -0.420. The van der Waals surface area contributed by atoms with Gasteiger partial charge < -0.3 is 4.90 Å². The Balaban J connectivity index is 2.49. The van der Waals surface area contributed by atoms with Crippen molar-refractivity contribution >= 4 is 33.2 Å². The Bertz CT molecular complexity index is 379. The van der Waals surface area contributed by atoms with Crippen LogP contribution in [0.1, 0.15) is 39.6 Å². The summed E-state index contributed by atoms with van der Waals surface area (Å²) in [5, 5.41) is 2.00. The molecule has 1 rings (SSSR count). The van der Waals surface area contributed by atoms with E-state index in [1.54, 1.807) is 4.90 Å². The molecule has 0 aliphatic carbocycles. The molecule has 0 aliphatic rings. The predicted molar refractivity (Wildman–Crippen MR) is 76.2 cm³/mol. The third-order valence-corrected chi connectivity index (χ3v) is 4.19. The van der Waals surface area contributed by atoms with Crippen LogP contribution in [0.4, 0.5) is 0 Å². The number of hydrogen-bond donors (Lipinski definition) is 0. The fourth-order valence-electron chi connectivity index (χ4n) is 1.62. The molecule has 1 amide bonds. The van der Waals surface area contributed by atoms with Crippen molar-refractivity contribution in [3.8, 4) is 0 Å². The summed E-state index contributed by atoms with van der Waals surface area (Å²) in [6.45, 7) is 4.65. The summed E-state index contributed by atoms with van der Waals surface area (Å²) in [6, 6.07) is 0. The molecular weight excluding hydrogens is 300 g/mol. The topological polar surface area (TPSA) is 33.2 Å². The van der Waals surface area contributed by atoms with E-state index in [1.165, 1.54) is 17.8 Å². The van der Waals surface area contributed by atoms with Crippen LogP contribution in [0.2, 0.25) is 0 Å². The monoisotopic (exact) mass is 318 g/mol. The number of amides is 1. The lowest BCUT2D eigenvalue weighted by molar-refractivity contribution is 0.0796. The van der Waals surface area contributed by atoms with Gasteiger partial charge in [-0.05, 0) is 26.7 Å². The lowest BCUT2D eigenvalue weighted by Gasteiger charge is -2.16. The van der Waals surface area contributed by atoms with Gasteiger partial charge in [-0.1, -0.05) is 22.4 Å². The first-order valence-electron chi connectivity index (χ1n) is 5.81. The summed E-state index contributed by atoms with van der Waals surface area (Å²) in [7, 11) is 1.87. The van der Waals surface area contributed by atoms with Crippen LogP contribution < -0.4 is 0 Å². The maximum absolute atomic E-state index is 12.1. The molecule has 0 saturated heterocycles. The average molecular weight is 319 g/mol. The molecule has 0 radical (unpaired) electrons. The largest absolute Gasteiger partial charge is 0.341 e. The summed E-state index contributed by atoms with van der Waals surface area (Å²) in [4.78, 5) is 19.0. The van der Waals surface area contributed by atoms with Gasteiger partial charge >= 0.3 is 0 Å². The zero-order valence-electron chi connectivity index (χ0n) is 10.6. The van der Waals surface area contributed by atoms with Gasteiger partial charge in [0.25, 0.3) is 5.91 Å². The lowest BCUT2D eigenvalue weighted by atomic mass is 10.2. The standard InChI is InChI=1S/C12H19BrN2OS/c1-9-11(17-10(2)14-9)12(16)15(3)8-6-4-5-7-13/h4-8H2,1-3H3. The van der Waals surface area contributed by atoms with Gasteiger partial charge in [-0.15, -0.1) is 11.3 Å². The van der Waals surface area contributed by atoms with Gasteiger partial charge in [0.2, 0.25) is 0 Å². The van der Waals surface area contributed by atoms with Crippen LogP contribution in [-0.4, -0.2) is 34.7 Å². The molecule has 0 fully saturated rings. The van der Waals surface area contributed by atoms with E-state index in [2.05, 4.69) is 20.9 Å². The minimum atomic E-state index is 0.104. The van der Waals surface area contributed by atoms with Crippen LogP contribution in [0, 0.1) is 13.8 Å². The fraction of sp³-hybridized carbons (Fsp3) is 0.667. The van der Waals surface area contributed by atoms with E-state index in [0.717, 1.165) is 40.3 Å². The van der Waals surface area contributed by atoms with Gasteiger partial charge in [-0.3, -0.25) is 4.79 Å². The molecule has 0 N–H and O–H groups in total. The van der Waals surface area contributed by atoms with E-state index < -0.39 is 0 Å². The van der Waals surface area contributed by atoms with Gasteiger partial charge in [-0.25, -0.2) is 4.98 Å². The Morgan fingerprint density at radius 1 is 1.35 bits per heavy atom. The number of nitrogens with zero attached hydrogens (tertiary/aromatic N) is 2. The second-order valence-electron chi connectivity index (χ2n) is 4.12. The van der Waals surface area contributed by atoms with Crippen molar-refractivity contribution < 1.29 is 4.79 Å². The molecule has 0 unspecified atom stereocenters. The second kappa shape index (κ2) is 7.11. The highest BCUT2D eigenvalue weighted by atomic mass is 79.9. The molecule has 3 nitrogen and oxygen atoms in total. The molecule has 1 heterocycles. The van der Waals surface area contributed by atoms with Crippen LogP contribution in [0.5, 0.6) is 0 Å². The first kappa shape index (κ1) is 14.6. The van der Waals surface area contributed by atoms with E-state index in [0.29, 0.717) is 0 Å². The van der Waals surface area contributed by atoms with Crippen molar-refractivity contribution in [3.63, 3.8) is 0 Å². The summed E-state index contributed by atoms with van der Waals surface area (Å²) < 4.78 is 0. The molecule has 0 bridgehead atoms. The summed E-state index contributed by atoms with van der Waals surface area (Å²) in [5.41, 5.74) is 0.852. The predicted octanol–water partition coefficient (Wildman–Crippen LogP) is 3.40. The maximum Gasteiger partial charge on any atom is 0.265 e. The zero-order valence-corrected chi connectivity index (χ0v) is 13.0. The third kappa shape index (κ3) is 4.39. The first-order valence-corrected chi connectivity index (χ1v) is 7.75. The van der Waals surface area contributed by atoms with Crippen molar-refractivity contribution in [2.24, 2.45) is 0 Å². The first-order chi connectivity index (χ1) is 8.06. The summed E-state index contributed by atoms with van der Waals surface area (Å²) >= 11 is 4.89. The number of aromatic nitrogens is 1. The highest BCUT2D eigenvalue weighted by Crippen LogP contribution is 2.18. The van der Waals surface area contributed by atoms with Crippen LogP contribution >= 0.6 is 27.3 Å². The van der Waals surface area contributed by atoms with E-state index in [4.69, 9.17) is 0 Å². The van der Waals surface area contributed by atoms with Crippen molar-refractivity contribution in [2.75, 3.05) is 18.9 Å². The Morgan fingerprint density at radius 2 is 2.06 bits per heavy atom. The molecule has 17 heavy (non-hydrogen) atoms. The zero-order chi connectivity index (χ0) is 12.8. The molecule has 96 valence electrons. The smallest absolute Gasteiger partial charge is 0.265 e. The maximum atomic E-state index is 12.1. The Labute approximate surface area is 115 Å². The Morgan fingerprint density at radius 3 is 2.59 bits per heavy atom. The fourth-order valence-corrected chi connectivity index (χ4v) is 2.94. The summed E-state index contributed by atoms with van der Waals surface area (Å²) in [5.74, 6) is 0.104. The normalized spacial score (nSPS) is 10.6. The summed E-state index contributed by atoms with van der Waals surface area (Å²) in [6.07, 6.45) is 3.38. The van der Waals surface area contributed by atoms with Gasteiger partial charge in [0.15, 0.2) is 0 Å². The number of aryl methyl sites for hydroxylation is 2. The Kier molecular flexibility index (Phi) is 6.12. The van der Waals surface area contributed by atoms with Crippen molar-refractivity contribution in [2.45, 2.75) is 33.1 Å². The van der Waals surface area contributed by atoms with Crippen molar-refractivity contribution in [1.82, 2.24) is 9.88 Å². The SMILES string of the molecule is Cc1nc(C)c(C(=O)N(C)CCCCCBr)s1. The molecule has 0 atom stereocenters. The van der Waals surface area contributed by atoms with Crippen LogP contribution in [0.25, 0.3) is 0 Å². The highest BCUT2D eigenvalue weighted by Gasteiger charge is 2.17. The quantitative estimate of drug-likeness (QED) is 0.595. The van der Waals surface area contributed by atoms with E-state index in [9.17, 15) is 4.79 Å². The van der Waals surface area contributed by atoms with Crippen molar-refractivity contribution in [1.29, 1.82) is 0 Å². The molecule has 0 aliphatic heterocycles. The number of alkyl halides is 1. The van der Waals surface area contributed by atoms with Gasteiger partial charge in [-0.2, -0.15) is 0 Å². The number of unbranched alkanes of at least 4 members (excludes halogenated alkanes) is 2. The van der Waals surface area contributed by atoms with Crippen molar-refractivity contribution in [3.05, 3.63) is 15.6 Å². The number of halogens is 1. The average Bonchev–Trinajstić information content (AvgIpc) is 2.62. The number of rotatable bonds is 6. The minimum Gasteiger partial charge on any atom is -0.341 e. The van der Waals surface area contributed by atoms with Gasteiger partial charge in [0.1, 0.15) is 4.88 Å². The minimum absolute atomic E-state index is 0.104. The molecule has 0 spiro atoms. The van der Waals surface area contributed by atoms with E-state index >= 15 is 0 Å². The van der Waals surface area contributed by atoms with Crippen LogP contribution in [0.15, 0.2) is 0 Å². The number of carbonyl (C=O) groups excluding carboxylic acids is 1. The molecule has 0 aromatic carbocycles. The molecular formula is C12H19BrN2OS. The highest BCUT2D eigenvalue weighted by molar-refractivity contribution is 9.09. The number of thiazole rings is 1.